The van der Waals surface area contributed by atoms with Crippen molar-refractivity contribution < 1.29 is 0 Å². The van der Waals surface area contributed by atoms with E-state index in [1.54, 1.807) is 0 Å². The summed E-state index contributed by atoms with van der Waals surface area (Å²) in [4.78, 5) is 0. The van der Waals surface area contributed by atoms with Gasteiger partial charge in [-0.25, -0.2) is 0 Å². The van der Waals surface area contributed by atoms with Gasteiger partial charge in [-0.3, -0.25) is 0 Å². The Hall–Kier alpha value is -2.34. The van der Waals surface area contributed by atoms with E-state index in [2.05, 4.69) is 89.2 Å². The maximum absolute atomic E-state index is 2.49. The van der Waals surface area contributed by atoms with Crippen LogP contribution >= 0.6 is 0 Å². The molecule has 0 radical (unpaired) electrons. The lowest BCUT2D eigenvalue weighted by atomic mass is 9.77. The Morgan fingerprint density at radius 2 is 1.16 bits per heavy atom. The molecule has 5 rings (SSSR count). The lowest BCUT2D eigenvalue weighted by Gasteiger charge is -2.26. The van der Waals surface area contributed by atoms with Crippen molar-refractivity contribution in [3.63, 3.8) is 0 Å². The molecule has 0 aliphatic heterocycles. The van der Waals surface area contributed by atoms with Crippen molar-refractivity contribution in [2.45, 2.75) is 45.4 Å². The highest BCUT2D eigenvalue weighted by atomic mass is 14.5. The van der Waals surface area contributed by atoms with Crippen molar-refractivity contribution in [3.8, 4) is 22.3 Å². The zero-order valence-electron chi connectivity index (χ0n) is 15.7. The van der Waals surface area contributed by atoms with Crippen molar-refractivity contribution in [2.75, 3.05) is 0 Å². The molecule has 0 bridgehead atoms. The SMILES string of the molecule is Cc1c2c(cc3c1C(C)(C)c1ccccc1-3)C(C)(C)c1ccccc1-2. The highest BCUT2D eigenvalue weighted by Gasteiger charge is 2.43. The van der Waals surface area contributed by atoms with Crippen LogP contribution in [0.1, 0.15) is 55.5 Å². The van der Waals surface area contributed by atoms with E-state index in [0.717, 1.165) is 0 Å². The van der Waals surface area contributed by atoms with Gasteiger partial charge in [0.15, 0.2) is 0 Å². The minimum atomic E-state index is 0.0622. The zero-order valence-corrected chi connectivity index (χ0v) is 15.7. The molecule has 0 heteroatoms. The van der Waals surface area contributed by atoms with Gasteiger partial charge < -0.3 is 0 Å². The van der Waals surface area contributed by atoms with Crippen LogP contribution in [0.2, 0.25) is 0 Å². The molecule has 0 fully saturated rings. The van der Waals surface area contributed by atoms with Crippen LogP contribution in [0, 0.1) is 6.92 Å². The summed E-state index contributed by atoms with van der Waals surface area (Å²) >= 11 is 0. The first-order valence-electron chi connectivity index (χ1n) is 9.23. The van der Waals surface area contributed by atoms with E-state index in [-0.39, 0.29) is 10.8 Å². The minimum absolute atomic E-state index is 0.0622. The number of hydrogen-bond acceptors (Lipinski definition) is 0. The molecule has 2 aliphatic rings. The molecule has 0 heterocycles. The van der Waals surface area contributed by atoms with Gasteiger partial charge in [-0.15, -0.1) is 0 Å². The molecular weight excluding hydrogens is 300 g/mol. The van der Waals surface area contributed by atoms with Crippen LogP contribution in [0.25, 0.3) is 22.3 Å². The van der Waals surface area contributed by atoms with Crippen molar-refractivity contribution >= 4 is 0 Å². The van der Waals surface area contributed by atoms with Crippen LogP contribution in [-0.2, 0) is 10.8 Å². The quantitative estimate of drug-likeness (QED) is 0.436. The van der Waals surface area contributed by atoms with E-state index in [4.69, 9.17) is 0 Å². The Kier molecular flexibility index (Phi) is 2.65. The van der Waals surface area contributed by atoms with E-state index in [1.807, 2.05) is 0 Å². The summed E-state index contributed by atoms with van der Waals surface area (Å²) in [6, 6.07) is 20.4. The van der Waals surface area contributed by atoms with Crippen LogP contribution in [0.15, 0.2) is 54.6 Å². The zero-order chi connectivity index (χ0) is 17.6. The van der Waals surface area contributed by atoms with E-state index in [0.29, 0.717) is 0 Å². The van der Waals surface area contributed by atoms with Gasteiger partial charge in [0, 0.05) is 10.8 Å². The highest BCUT2D eigenvalue weighted by Crippen LogP contribution is 2.57. The fourth-order valence-corrected chi connectivity index (χ4v) is 5.46. The van der Waals surface area contributed by atoms with Crippen LogP contribution in [-0.4, -0.2) is 0 Å². The third-order valence-electron chi connectivity index (χ3n) is 6.64. The van der Waals surface area contributed by atoms with Gasteiger partial charge in [-0.05, 0) is 63.1 Å². The van der Waals surface area contributed by atoms with E-state index in [1.165, 1.54) is 50.1 Å². The summed E-state index contributed by atoms with van der Waals surface area (Å²) in [5.74, 6) is 0. The minimum Gasteiger partial charge on any atom is -0.0619 e. The largest absolute Gasteiger partial charge is 0.0619 e. The normalized spacial score (nSPS) is 17.6. The number of fused-ring (bicyclic) bond motifs is 6. The second-order valence-electron chi connectivity index (χ2n) is 8.69. The summed E-state index contributed by atoms with van der Waals surface area (Å²) in [6.07, 6.45) is 0. The van der Waals surface area contributed by atoms with Gasteiger partial charge >= 0.3 is 0 Å². The lowest BCUT2D eigenvalue weighted by molar-refractivity contribution is 0.648. The van der Waals surface area contributed by atoms with Crippen molar-refractivity contribution in [3.05, 3.63) is 82.4 Å². The Labute approximate surface area is 150 Å². The van der Waals surface area contributed by atoms with Gasteiger partial charge in [0.1, 0.15) is 0 Å². The molecule has 0 aromatic heterocycles. The van der Waals surface area contributed by atoms with Crippen LogP contribution in [0.5, 0.6) is 0 Å². The summed E-state index contributed by atoms with van der Waals surface area (Å²) < 4.78 is 0. The molecule has 3 aromatic rings. The third kappa shape index (κ3) is 1.63. The molecule has 0 nitrogen and oxygen atoms in total. The smallest absolute Gasteiger partial charge is 0.0161 e. The maximum atomic E-state index is 2.49. The molecule has 0 atom stereocenters. The second kappa shape index (κ2) is 4.43. The van der Waals surface area contributed by atoms with Gasteiger partial charge in [-0.2, -0.15) is 0 Å². The fourth-order valence-electron chi connectivity index (χ4n) is 5.46. The molecule has 0 spiro atoms. The second-order valence-corrected chi connectivity index (χ2v) is 8.69. The monoisotopic (exact) mass is 324 g/mol. The van der Waals surface area contributed by atoms with Crippen molar-refractivity contribution in [2.24, 2.45) is 0 Å². The topological polar surface area (TPSA) is 0 Å². The molecule has 0 saturated carbocycles. The third-order valence-corrected chi connectivity index (χ3v) is 6.64. The summed E-state index contributed by atoms with van der Waals surface area (Å²) in [5.41, 5.74) is 13.3. The van der Waals surface area contributed by atoms with E-state index in [9.17, 15) is 0 Å². The summed E-state index contributed by atoms with van der Waals surface area (Å²) in [6.45, 7) is 11.8. The fraction of sp³-hybridized carbons (Fsp3) is 0.280. The Bertz CT molecular complexity index is 1050. The molecule has 2 aliphatic carbocycles. The van der Waals surface area contributed by atoms with Crippen LogP contribution < -0.4 is 0 Å². The Morgan fingerprint density at radius 1 is 0.600 bits per heavy atom. The molecule has 3 aromatic carbocycles. The number of rotatable bonds is 0. The van der Waals surface area contributed by atoms with Gasteiger partial charge in [0.25, 0.3) is 0 Å². The standard InChI is InChI=1S/C25H24/c1-15-22-17-11-7-9-13-20(17)24(2,3)21(22)14-18-16-10-6-8-12-19(16)25(4,5)23(15)18/h6-14H,1-5H3. The highest BCUT2D eigenvalue weighted by molar-refractivity contribution is 5.91. The van der Waals surface area contributed by atoms with Crippen LogP contribution in [0.3, 0.4) is 0 Å². The first kappa shape index (κ1) is 15.0. The lowest BCUT2D eigenvalue weighted by Crippen LogP contribution is -2.18. The molecule has 0 unspecified atom stereocenters. The molecule has 124 valence electrons. The van der Waals surface area contributed by atoms with Crippen molar-refractivity contribution in [1.29, 1.82) is 0 Å². The average Bonchev–Trinajstić information content (AvgIpc) is 2.96. The predicted molar refractivity (Wildman–Crippen MR) is 106 cm³/mol. The molecule has 0 saturated heterocycles. The molecule has 0 amide bonds. The van der Waals surface area contributed by atoms with Gasteiger partial charge in [-0.1, -0.05) is 76.2 Å². The van der Waals surface area contributed by atoms with Crippen molar-refractivity contribution in [1.82, 2.24) is 0 Å². The summed E-state index contributed by atoms with van der Waals surface area (Å²) in [5, 5.41) is 0. The maximum Gasteiger partial charge on any atom is 0.0161 e. The predicted octanol–water partition coefficient (Wildman–Crippen LogP) is 6.61. The van der Waals surface area contributed by atoms with Crippen LogP contribution in [0.4, 0.5) is 0 Å². The van der Waals surface area contributed by atoms with E-state index >= 15 is 0 Å². The number of hydrogen-bond donors (Lipinski definition) is 0. The number of benzene rings is 3. The van der Waals surface area contributed by atoms with Gasteiger partial charge in [0.2, 0.25) is 0 Å². The Morgan fingerprint density at radius 3 is 1.84 bits per heavy atom. The molecule has 0 N–H and O–H groups in total. The molecule has 25 heavy (non-hydrogen) atoms. The van der Waals surface area contributed by atoms with E-state index < -0.39 is 0 Å². The molecular formula is C25H24. The van der Waals surface area contributed by atoms with Gasteiger partial charge in [0.05, 0.1) is 0 Å². The Balaban J connectivity index is 1.93. The average molecular weight is 324 g/mol. The summed E-state index contributed by atoms with van der Waals surface area (Å²) in [7, 11) is 0. The first-order chi connectivity index (χ1) is 11.8. The first-order valence-corrected chi connectivity index (χ1v) is 9.23.